The zero-order valence-electron chi connectivity index (χ0n) is 16.6. The van der Waals surface area contributed by atoms with E-state index in [1.165, 1.54) is 0 Å². The van der Waals surface area contributed by atoms with Gasteiger partial charge in [-0.25, -0.2) is 9.79 Å². The fraction of sp³-hybridized carbons (Fsp3) is 0. The fourth-order valence-corrected chi connectivity index (χ4v) is 4.20. The Labute approximate surface area is 178 Å². The summed E-state index contributed by atoms with van der Waals surface area (Å²) >= 11 is 0. The van der Waals surface area contributed by atoms with Crippen molar-refractivity contribution in [2.24, 2.45) is 4.99 Å². The minimum atomic E-state index is -0.430. The van der Waals surface area contributed by atoms with Gasteiger partial charge in [0.25, 0.3) is 0 Å². The number of rotatable bonds is 2. The first-order valence-electron chi connectivity index (χ1n) is 10.2. The highest BCUT2D eigenvalue weighted by molar-refractivity contribution is 6.16. The van der Waals surface area contributed by atoms with Crippen molar-refractivity contribution in [3.05, 3.63) is 114 Å². The third-order valence-electron chi connectivity index (χ3n) is 5.71. The first-order valence-corrected chi connectivity index (χ1v) is 10.2. The lowest BCUT2D eigenvalue weighted by Crippen LogP contribution is -2.05. The van der Waals surface area contributed by atoms with E-state index >= 15 is 0 Å². The third kappa shape index (κ3) is 2.99. The molecule has 1 aliphatic heterocycles. The summed E-state index contributed by atoms with van der Waals surface area (Å²) < 4.78 is 5.55. The molecule has 1 heterocycles. The van der Waals surface area contributed by atoms with Crippen LogP contribution in [0.3, 0.4) is 0 Å². The molecule has 1 aliphatic rings. The molecule has 0 radical (unpaired) electrons. The van der Waals surface area contributed by atoms with E-state index in [1.807, 2.05) is 66.7 Å². The number of aliphatic imine (C=N–C) groups is 1. The second kappa shape index (κ2) is 6.92. The van der Waals surface area contributed by atoms with Crippen molar-refractivity contribution in [1.29, 1.82) is 0 Å². The molecule has 0 saturated heterocycles. The molecule has 6 rings (SSSR count). The van der Waals surface area contributed by atoms with Crippen molar-refractivity contribution >= 4 is 50.3 Å². The van der Waals surface area contributed by atoms with E-state index < -0.39 is 5.97 Å². The topological polar surface area (TPSA) is 38.7 Å². The second-order valence-electron chi connectivity index (χ2n) is 7.63. The molecule has 0 aliphatic carbocycles. The van der Waals surface area contributed by atoms with E-state index in [4.69, 9.17) is 4.74 Å². The molecular formula is C28H17NO2. The van der Waals surface area contributed by atoms with Crippen LogP contribution in [-0.2, 0) is 9.53 Å². The van der Waals surface area contributed by atoms with Gasteiger partial charge < -0.3 is 4.74 Å². The van der Waals surface area contributed by atoms with Crippen LogP contribution in [0.1, 0.15) is 11.1 Å². The number of hydrogen-bond donors (Lipinski definition) is 0. The molecule has 0 saturated carbocycles. The van der Waals surface area contributed by atoms with E-state index in [-0.39, 0.29) is 0 Å². The number of carbonyl (C=O) groups excluding carboxylic acids is 1. The van der Waals surface area contributed by atoms with Crippen molar-refractivity contribution in [3.8, 4) is 0 Å². The average molecular weight is 399 g/mol. The molecule has 0 bridgehead atoms. The highest BCUT2D eigenvalue weighted by Crippen LogP contribution is 2.31. The number of nitrogens with zero attached hydrogens (tertiary/aromatic N) is 1. The summed E-state index contributed by atoms with van der Waals surface area (Å²) in [6, 6.07) is 32.6. The SMILES string of the molecule is O=C1OC(c2ccc3ccccc3c2)=N/C1=C\c1c2ccccc2cc2ccccc12. The maximum atomic E-state index is 12.7. The summed E-state index contributed by atoms with van der Waals surface area (Å²) in [6.45, 7) is 0. The number of hydrogen-bond acceptors (Lipinski definition) is 3. The van der Waals surface area contributed by atoms with Crippen molar-refractivity contribution in [2.75, 3.05) is 0 Å². The number of benzene rings is 5. The van der Waals surface area contributed by atoms with Crippen LogP contribution in [0.15, 0.2) is 108 Å². The van der Waals surface area contributed by atoms with Crippen molar-refractivity contribution < 1.29 is 9.53 Å². The molecule has 0 spiro atoms. The average Bonchev–Trinajstić information content (AvgIpc) is 3.18. The van der Waals surface area contributed by atoms with Gasteiger partial charge in [0, 0.05) is 5.56 Å². The molecule has 0 amide bonds. The van der Waals surface area contributed by atoms with Gasteiger partial charge >= 0.3 is 5.97 Å². The van der Waals surface area contributed by atoms with Gasteiger partial charge in [-0.3, -0.25) is 0 Å². The van der Waals surface area contributed by atoms with Crippen molar-refractivity contribution in [2.45, 2.75) is 0 Å². The van der Waals surface area contributed by atoms with Gasteiger partial charge in [-0.05, 0) is 62.2 Å². The molecule has 5 aromatic rings. The van der Waals surface area contributed by atoms with Crippen LogP contribution in [0, 0.1) is 0 Å². The van der Waals surface area contributed by atoms with E-state index in [1.54, 1.807) is 0 Å². The van der Waals surface area contributed by atoms with Crippen molar-refractivity contribution in [3.63, 3.8) is 0 Å². The fourth-order valence-electron chi connectivity index (χ4n) is 4.20. The van der Waals surface area contributed by atoms with Crippen LogP contribution in [0.4, 0.5) is 0 Å². The lowest BCUT2D eigenvalue weighted by molar-refractivity contribution is -0.129. The van der Waals surface area contributed by atoms with Gasteiger partial charge in [0.05, 0.1) is 0 Å². The minimum absolute atomic E-state index is 0.310. The Morgan fingerprint density at radius 3 is 1.97 bits per heavy atom. The first kappa shape index (κ1) is 17.6. The van der Waals surface area contributed by atoms with Crippen LogP contribution < -0.4 is 0 Å². The monoisotopic (exact) mass is 399 g/mol. The van der Waals surface area contributed by atoms with Gasteiger partial charge in [-0.2, -0.15) is 0 Å². The summed E-state index contributed by atoms with van der Waals surface area (Å²) in [7, 11) is 0. The predicted molar refractivity (Wildman–Crippen MR) is 126 cm³/mol. The molecule has 3 nitrogen and oxygen atoms in total. The highest BCUT2D eigenvalue weighted by atomic mass is 16.6. The van der Waals surface area contributed by atoms with E-state index in [0.717, 1.165) is 43.4 Å². The van der Waals surface area contributed by atoms with Crippen LogP contribution in [0.25, 0.3) is 38.4 Å². The molecule has 0 N–H and O–H groups in total. The summed E-state index contributed by atoms with van der Waals surface area (Å²) in [6.07, 6.45) is 1.85. The summed E-state index contributed by atoms with van der Waals surface area (Å²) in [4.78, 5) is 17.3. The molecule has 0 aromatic heterocycles. The number of cyclic esters (lactones) is 1. The van der Waals surface area contributed by atoms with Crippen molar-refractivity contribution in [1.82, 2.24) is 0 Å². The Balaban J connectivity index is 1.52. The van der Waals surface area contributed by atoms with Crippen LogP contribution in [0.2, 0.25) is 0 Å². The highest BCUT2D eigenvalue weighted by Gasteiger charge is 2.25. The maximum absolute atomic E-state index is 12.7. The molecule has 146 valence electrons. The minimum Gasteiger partial charge on any atom is -0.402 e. The molecular weight excluding hydrogens is 382 g/mol. The van der Waals surface area contributed by atoms with Gasteiger partial charge in [-0.1, -0.05) is 78.9 Å². The maximum Gasteiger partial charge on any atom is 0.363 e. The Morgan fingerprint density at radius 2 is 1.26 bits per heavy atom. The molecule has 0 fully saturated rings. The van der Waals surface area contributed by atoms with Gasteiger partial charge in [0.15, 0.2) is 5.70 Å². The smallest absolute Gasteiger partial charge is 0.363 e. The van der Waals surface area contributed by atoms with Gasteiger partial charge in [-0.15, -0.1) is 0 Å². The molecule has 31 heavy (non-hydrogen) atoms. The lowest BCUT2D eigenvalue weighted by Gasteiger charge is -2.08. The predicted octanol–water partition coefficient (Wildman–Crippen LogP) is 6.49. The number of fused-ring (bicyclic) bond motifs is 3. The Hall–Kier alpha value is -4.24. The largest absolute Gasteiger partial charge is 0.402 e. The second-order valence-corrected chi connectivity index (χ2v) is 7.63. The molecule has 5 aromatic carbocycles. The Bertz CT molecular complexity index is 1520. The zero-order valence-corrected chi connectivity index (χ0v) is 16.6. The van der Waals surface area contributed by atoms with E-state index in [0.29, 0.717) is 11.6 Å². The quantitative estimate of drug-likeness (QED) is 0.193. The summed E-state index contributed by atoms with van der Waals surface area (Å²) in [5, 5.41) is 6.62. The molecule has 0 unspecified atom stereocenters. The van der Waals surface area contributed by atoms with Crippen LogP contribution >= 0.6 is 0 Å². The first-order chi connectivity index (χ1) is 15.3. The Morgan fingerprint density at radius 1 is 0.645 bits per heavy atom. The van der Waals surface area contributed by atoms with Gasteiger partial charge in [0.2, 0.25) is 5.90 Å². The molecule has 0 atom stereocenters. The van der Waals surface area contributed by atoms with E-state index in [2.05, 4.69) is 41.4 Å². The van der Waals surface area contributed by atoms with Crippen LogP contribution in [0.5, 0.6) is 0 Å². The van der Waals surface area contributed by atoms with Crippen LogP contribution in [-0.4, -0.2) is 11.9 Å². The van der Waals surface area contributed by atoms with Gasteiger partial charge in [0.1, 0.15) is 0 Å². The lowest BCUT2D eigenvalue weighted by atomic mass is 9.96. The number of esters is 1. The molecule has 3 heteroatoms. The number of ether oxygens (including phenoxy) is 1. The summed E-state index contributed by atoms with van der Waals surface area (Å²) in [5.41, 5.74) is 2.08. The summed E-state index contributed by atoms with van der Waals surface area (Å²) in [5.74, 6) is -0.0910. The normalized spacial score (nSPS) is 15.0. The van der Waals surface area contributed by atoms with E-state index in [9.17, 15) is 4.79 Å². The third-order valence-corrected chi connectivity index (χ3v) is 5.71. The number of carbonyl (C=O) groups is 1. The zero-order chi connectivity index (χ0) is 20.8. The standard InChI is InChI=1S/C28H17NO2/c30-28-26(29-27(31-28)22-14-13-18-7-1-2-8-19(18)15-22)17-25-23-11-5-3-9-20(23)16-21-10-4-6-12-24(21)25/h1-17H/b26-17-. The Kier molecular flexibility index (Phi) is 3.93.